The summed E-state index contributed by atoms with van der Waals surface area (Å²) in [5, 5.41) is 0. The summed E-state index contributed by atoms with van der Waals surface area (Å²) < 4.78 is 16.8. The number of allylic oxidation sites excluding steroid dienone is 12. The van der Waals surface area contributed by atoms with Crippen molar-refractivity contribution in [2.75, 3.05) is 13.2 Å². The van der Waals surface area contributed by atoms with Gasteiger partial charge in [0.15, 0.2) is 6.10 Å². The molecule has 65 heavy (non-hydrogen) atoms. The maximum Gasteiger partial charge on any atom is 0.306 e. The van der Waals surface area contributed by atoms with Crippen molar-refractivity contribution in [3.63, 3.8) is 0 Å². The topological polar surface area (TPSA) is 78.9 Å². The average molecular weight is 907 g/mol. The van der Waals surface area contributed by atoms with Crippen LogP contribution in [-0.4, -0.2) is 37.2 Å². The molecule has 0 aromatic heterocycles. The van der Waals surface area contributed by atoms with E-state index in [-0.39, 0.29) is 31.1 Å². The van der Waals surface area contributed by atoms with Crippen molar-refractivity contribution in [3.8, 4) is 0 Å². The molecule has 0 N–H and O–H groups in total. The van der Waals surface area contributed by atoms with Gasteiger partial charge in [0.05, 0.1) is 0 Å². The molecule has 0 aromatic rings. The Kier molecular flexibility index (Phi) is 50.9. The number of hydrogen-bond donors (Lipinski definition) is 0. The molecule has 0 rings (SSSR count). The maximum atomic E-state index is 12.8. The highest BCUT2D eigenvalue weighted by Crippen LogP contribution is 2.14. The Hall–Kier alpha value is -3.15. The lowest BCUT2D eigenvalue weighted by Gasteiger charge is -2.18. The zero-order valence-electron chi connectivity index (χ0n) is 42.7. The third kappa shape index (κ3) is 51.7. The second-order valence-electron chi connectivity index (χ2n) is 18.1. The van der Waals surface area contributed by atoms with Gasteiger partial charge >= 0.3 is 17.9 Å². The molecule has 0 unspecified atom stereocenters. The molecule has 6 heteroatoms. The summed E-state index contributed by atoms with van der Waals surface area (Å²) in [7, 11) is 0. The molecule has 0 aliphatic heterocycles. The molecule has 0 heterocycles. The third-order valence-electron chi connectivity index (χ3n) is 11.7. The number of rotatable bonds is 49. The van der Waals surface area contributed by atoms with E-state index in [4.69, 9.17) is 14.2 Å². The molecule has 0 aromatic carbocycles. The van der Waals surface area contributed by atoms with Crippen LogP contribution in [0.4, 0.5) is 0 Å². The Morgan fingerprint density at radius 3 is 0.954 bits per heavy atom. The summed E-state index contributed by atoms with van der Waals surface area (Å²) in [4.78, 5) is 38.1. The molecule has 0 fully saturated rings. The van der Waals surface area contributed by atoms with E-state index in [1.54, 1.807) is 0 Å². The van der Waals surface area contributed by atoms with E-state index in [1.165, 1.54) is 109 Å². The maximum absolute atomic E-state index is 12.8. The summed E-state index contributed by atoms with van der Waals surface area (Å²) in [6.07, 6.45) is 67.4. The summed E-state index contributed by atoms with van der Waals surface area (Å²) in [5.41, 5.74) is 0. The van der Waals surface area contributed by atoms with Gasteiger partial charge in [0.2, 0.25) is 0 Å². The van der Waals surface area contributed by atoms with Gasteiger partial charge in [0, 0.05) is 19.3 Å². The molecule has 0 spiro atoms. The Morgan fingerprint density at radius 1 is 0.323 bits per heavy atom. The first kappa shape index (κ1) is 61.9. The van der Waals surface area contributed by atoms with Crippen molar-refractivity contribution in [2.24, 2.45) is 0 Å². The predicted octanol–water partition coefficient (Wildman–Crippen LogP) is 18.2. The average Bonchev–Trinajstić information content (AvgIpc) is 3.30. The highest BCUT2D eigenvalue weighted by atomic mass is 16.6. The number of ether oxygens (including phenoxy) is 3. The van der Waals surface area contributed by atoms with E-state index in [0.29, 0.717) is 19.3 Å². The Morgan fingerprint density at radius 2 is 0.600 bits per heavy atom. The second kappa shape index (κ2) is 53.5. The minimum atomic E-state index is -0.793. The fraction of sp³-hybridized carbons (Fsp3) is 0.746. The SMILES string of the molecule is CC/C=C\C/C=C\C/C=C\C/C=C\CCCCCCC(=O)OC[C@H](COC(=O)CCCCCCC/C=C\CCCCCCCC)OC(=O)CCCCCCC/C=C\CCCCCCCC. The molecular formula is C59H102O6. The Bertz CT molecular complexity index is 1230. The number of hydrogen-bond acceptors (Lipinski definition) is 6. The highest BCUT2D eigenvalue weighted by molar-refractivity contribution is 5.71. The van der Waals surface area contributed by atoms with Gasteiger partial charge in [-0.25, -0.2) is 0 Å². The summed E-state index contributed by atoms with van der Waals surface area (Å²) in [6.45, 7) is 6.49. The van der Waals surface area contributed by atoms with E-state index in [0.717, 1.165) is 116 Å². The largest absolute Gasteiger partial charge is 0.462 e. The van der Waals surface area contributed by atoms with Gasteiger partial charge in [-0.05, 0) is 109 Å². The van der Waals surface area contributed by atoms with E-state index < -0.39 is 6.10 Å². The molecule has 374 valence electrons. The van der Waals surface area contributed by atoms with Crippen molar-refractivity contribution in [2.45, 2.75) is 271 Å². The smallest absolute Gasteiger partial charge is 0.306 e. The van der Waals surface area contributed by atoms with Crippen molar-refractivity contribution in [3.05, 3.63) is 72.9 Å². The van der Waals surface area contributed by atoms with Crippen molar-refractivity contribution in [1.29, 1.82) is 0 Å². The van der Waals surface area contributed by atoms with Gasteiger partial charge in [-0.15, -0.1) is 0 Å². The Balaban J connectivity index is 4.45. The number of unbranched alkanes of at least 4 members (excludes halogenated alkanes) is 26. The second-order valence-corrected chi connectivity index (χ2v) is 18.1. The van der Waals surface area contributed by atoms with Gasteiger partial charge in [0.1, 0.15) is 13.2 Å². The molecule has 0 saturated carbocycles. The van der Waals surface area contributed by atoms with Gasteiger partial charge in [-0.1, -0.05) is 209 Å². The summed E-state index contributed by atoms with van der Waals surface area (Å²) >= 11 is 0. The first-order chi connectivity index (χ1) is 32.0. The minimum absolute atomic E-state index is 0.0907. The van der Waals surface area contributed by atoms with Crippen LogP contribution in [0.25, 0.3) is 0 Å². The van der Waals surface area contributed by atoms with Crippen LogP contribution >= 0.6 is 0 Å². The molecule has 0 amide bonds. The first-order valence-electron chi connectivity index (χ1n) is 27.4. The lowest BCUT2D eigenvalue weighted by atomic mass is 10.1. The van der Waals surface area contributed by atoms with Gasteiger partial charge < -0.3 is 14.2 Å². The number of carbonyl (C=O) groups is 3. The van der Waals surface area contributed by atoms with Crippen LogP contribution in [0.15, 0.2) is 72.9 Å². The highest BCUT2D eigenvalue weighted by Gasteiger charge is 2.19. The molecule has 6 nitrogen and oxygen atoms in total. The fourth-order valence-corrected chi connectivity index (χ4v) is 7.54. The van der Waals surface area contributed by atoms with E-state index >= 15 is 0 Å². The van der Waals surface area contributed by atoms with E-state index in [9.17, 15) is 14.4 Å². The number of carbonyl (C=O) groups excluding carboxylic acids is 3. The predicted molar refractivity (Wildman–Crippen MR) is 279 cm³/mol. The van der Waals surface area contributed by atoms with Gasteiger partial charge in [-0.2, -0.15) is 0 Å². The van der Waals surface area contributed by atoms with Gasteiger partial charge in [-0.3, -0.25) is 14.4 Å². The first-order valence-corrected chi connectivity index (χ1v) is 27.4. The van der Waals surface area contributed by atoms with E-state index in [2.05, 4.69) is 93.7 Å². The normalized spacial score (nSPS) is 12.6. The van der Waals surface area contributed by atoms with Crippen LogP contribution in [0.1, 0.15) is 265 Å². The van der Waals surface area contributed by atoms with E-state index in [1.807, 2.05) is 0 Å². The van der Waals surface area contributed by atoms with Crippen molar-refractivity contribution in [1.82, 2.24) is 0 Å². The van der Waals surface area contributed by atoms with Crippen molar-refractivity contribution < 1.29 is 28.6 Å². The molecule has 0 saturated heterocycles. The Labute approximate surface area is 402 Å². The molecular weight excluding hydrogens is 805 g/mol. The summed E-state index contributed by atoms with van der Waals surface area (Å²) in [5.74, 6) is -0.926. The zero-order valence-corrected chi connectivity index (χ0v) is 42.7. The van der Waals surface area contributed by atoms with Crippen LogP contribution in [0, 0.1) is 0 Å². The van der Waals surface area contributed by atoms with Crippen LogP contribution < -0.4 is 0 Å². The molecule has 0 aliphatic rings. The van der Waals surface area contributed by atoms with Crippen LogP contribution in [0.2, 0.25) is 0 Å². The van der Waals surface area contributed by atoms with Gasteiger partial charge in [0.25, 0.3) is 0 Å². The summed E-state index contributed by atoms with van der Waals surface area (Å²) in [6, 6.07) is 0. The monoisotopic (exact) mass is 907 g/mol. The van der Waals surface area contributed by atoms with Crippen LogP contribution in [0.5, 0.6) is 0 Å². The fourth-order valence-electron chi connectivity index (χ4n) is 7.54. The molecule has 0 bridgehead atoms. The number of esters is 3. The quantitative estimate of drug-likeness (QED) is 0.0262. The van der Waals surface area contributed by atoms with Crippen molar-refractivity contribution >= 4 is 17.9 Å². The third-order valence-corrected chi connectivity index (χ3v) is 11.7. The van der Waals surface area contributed by atoms with Crippen LogP contribution in [-0.2, 0) is 28.6 Å². The minimum Gasteiger partial charge on any atom is -0.462 e. The lowest BCUT2D eigenvalue weighted by Crippen LogP contribution is -2.30. The standard InChI is InChI=1S/C59H102O6/c1-4-7-10-13-16-19-22-25-28-29-32-34-37-40-43-46-49-52-58(61)64-55-56(65-59(62)53-50-47-44-41-38-35-31-27-24-21-18-15-12-9-6-3)54-63-57(60)51-48-45-42-39-36-33-30-26-23-20-17-14-11-8-5-2/h7,10,16,19,25-28,30-32,34,56H,4-6,8-9,11-15,17-18,20-24,29,33,35-55H2,1-3H3/b10-7-,19-16-,28-25-,30-26-,31-27-,34-32-/t56-/m0/s1. The lowest BCUT2D eigenvalue weighted by molar-refractivity contribution is -0.167. The van der Waals surface area contributed by atoms with Crippen LogP contribution in [0.3, 0.4) is 0 Å². The molecule has 1 atom stereocenters. The molecule has 0 aliphatic carbocycles. The molecule has 0 radical (unpaired) electrons. The zero-order chi connectivity index (χ0) is 47.2.